The monoisotopic (exact) mass is 381 g/mol. The number of carbonyl (C=O) groups excluding carboxylic acids is 2. The van der Waals surface area contributed by atoms with E-state index in [1.807, 2.05) is 29.2 Å². The predicted molar refractivity (Wildman–Crippen MR) is 103 cm³/mol. The summed E-state index contributed by atoms with van der Waals surface area (Å²) in [5.74, 6) is 0.431. The second-order valence-electron chi connectivity index (χ2n) is 6.97. The molecule has 2 fully saturated rings. The van der Waals surface area contributed by atoms with E-state index < -0.39 is 0 Å². The summed E-state index contributed by atoms with van der Waals surface area (Å²) in [7, 11) is 0. The first-order chi connectivity index (χ1) is 12.1. The van der Waals surface area contributed by atoms with Gasteiger partial charge in [0.05, 0.1) is 19.6 Å². The molecule has 1 aromatic carbocycles. The zero-order chi connectivity index (χ0) is 17.6. The van der Waals surface area contributed by atoms with E-state index in [2.05, 4.69) is 5.32 Å². The van der Waals surface area contributed by atoms with Crippen molar-refractivity contribution in [2.45, 2.75) is 38.1 Å². The van der Waals surface area contributed by atoms with E-state index >= 15 is 0 Å². The van der Waals surface area contributed by atoms with Crippen LogP contribution in [0.3, 0.4) is 0 Å². The molecule has 1 aliphatic heterocycles. The highest BCUT2D eigenvalue weighted by atomic mass is 35.5. The van der Waals surface area contributed by atoms with E-state index in [1.54, 1.807) is 0 Å². The zero-order valence-electron chi connectivity index (χ0n) is 15.0. The van der Waals surface area contributed by atoms with Crippen molar-refractivity contribution < 1.29 is 14.3 Å². The molecule has 2 amide bonds. The van der Waals surface area contributed by atoms with Crippen LogP contribution >= 0.6 is 12.4 Å². The van der Waals surface area contributed by atoms with Crippen LogP contribution in [-0.4, -0.2) is 49.1 Å². The van der Waals surface area contributed by atoms with Gasteiger partial charge in [-0.05, 0) is 36.5 Å². The highest BCUT2D eigenvalue weighted by Crippen LogP contribution is 2.27. The highest BCUT2D eigenvalue weighted by molar-refractivity contribution is 5.91. The molecule has 1 aliphatic carbocycles. The van der Waals surface area contributed by atoms with E-state index in [0.717, 1.165) is 30.5 Å². The van der Waals surface area contributed by atoms with E-state index in [4.69, 9.17) is 10.5 Å². The van der Waals surface area contributed by atoms with Crippen LogP contribution in [0.1, 0.15) is 31.2 Å². The Morgan fingerprint density at radius 3 is 2.46 bits per heavy atom. The summed E-state index contributed by atoms with van der Waals surface area (Å²) in [5, 5.41) is 2.93. The molecular formula is C19H28ClN3O3. The Balaban J connectivity index is 0.00000243. The predicted octanol–water partition coefficient (Wildman–Crippen LogP) is 1.97. The van der Waals surface area contributed by atoms with Gasteiger partial charge in [-0.15, -0.1) is 12.4 Å². The number of nitrogens with one attached hydrogen (secondary N) is 1. The van der Waals surface area contributed by atoms with Crippen LogP contribution in [0, 0.1) is 5.92 Å². The number of amides is 2. The fourth-order valence-electron chi connectivity index (χ4n) is 3.57. The highest BCUT2D eigenvalue weighted by Gasteiger charge is 2.26. The molecule has 26 heavy (non-hydrogen) atoms. The number of nitrogens with two attached hydrogens (primary N) is 1. The van der Waals surface area contributed by atoms with Gasteiger partial charge in [0, 0.05) is 31.2 Å². The van der Waals surface area contributed by atoms with Crippen molar-refractivity contribution in [3.8, 4) is 0 Å². The lowest BCUT2D eigenvalue weighted by Crippen LogP contribution is -2.41. The smallest absolute Gasteiger partial charge is 0.227 e. The largest absolute Gasteiger partial charge is 0.378 e. The van der Waals surface area contributed by atoms with Crippen LogP contribution < -0.4 is 11.1 Å². The summed E-state index contributed by atoms with van der Waals surface area (Å²) in [6.45, 7) is 2.55. The number of anilines is 1. The number of carbonyl (C=O) groups is 2. The summed E-state index contributed by atoms with van der Waals surface area (Å²) in [5.41, 5.74) is 7.74. The van der Waals surface area contributed by atoms with Crippen molar-refractivity contribution in [1.29, 1.82) is 0 Å². The van der Waals surface area contributed by atoms with Gasteiger partial charge in [0.1, 0.15) is 0 Å². The topological polar surface area (TPSA) is 84.7 Å². The molecule has 6 nitrogen and oxygen atoms in total. The van der Waals surface area contributed by atoms with Crippen LogP contribution in [-0.2, 0) is 20.7 Å². The lowest BCUT2D eigenvalue weighted by molar-refractivity contribution is -0.134. The van der Waals surface area contributed by atoms with Crippen molar-refractivity contribution in [3.63, 3.8) is 0 Å². The third-order valence-corrected chi connectivity index (χ3v) is 5.12. The van der Waals surface area contributed by atoms with Gasteiger partial charge in [-0.2, -0.15) is 0 Å². The number of hydrogen-bond donors (Lipinski definition) is 2. The molecule has 0 bridgehead atoms. The molecule has 2 atom stereocenters. The number of hydrogen-bond acceptors (Lipinski definition) is 4. The van der Waals surface area contributed by atoms with Gasteiger partial charge in [0.2, 0.25) is 11.8 Å². The number of benzene rings is 1. The average Bonchev–Trinajstić information content (AvgIpc) is 3.02. The van der Waals surface area contributed by atoms with E-state index in [1.165, 1.54) is 0 Å². The number of ether oxygens (including phenoxy) is 1. The van der Waals surface area contributed by atoms with E-state index in [-0.39, 0.29) is 30.3 Å². The fraction of sp³-hybridized carbons (Fsp3) is 0.579. The third-order valence-electron chi connectivity index (χ3n) is 5.12. The molecule has 7 heteroatoms. The minimum absolute atomic E-state index is 0. The minimum Gasteiger partial charge on any atom is -0.378 e. The van der Waals surface area contributed by atoms with Gasteiger partial charge in [0.25, 0.3) is 0 Å². The number of morpholine rings is 1. The lowest BCUT2D eigenvalue weighted by atomic mass is 10.00. The second-order valence-corrected chi connectivity index (χ2v) is 6.97. The Morgan fingerprint density at radius 2 is 1.85 bits per heavy atom. The number of nitrogens with zero attached hydrogens (tertiary/aromatic N) is 1. The van der Waals surface area contributed by atoms with Crippen LogP contribution in [0.5, 0.6) is 0 Å². The molecule has 0 radical (unpaired) electrons. The van der Waals surface area contributed by atoms with Gasteiger partial charge in [0.15, 0.2) is 0 Å². The SMILES string of the molecule is Cl.N[C@@H]1CCC[C@H]1CC(=O)Nc1ccc(CC(=O)N2CCOCC2)cc1. The van der Waals surface area contributed by atoms with Crippen molar-refractivity contribution in [3.05, 3.63) is 29.8 Å². The molecule has 0 unspecified atom stereocenters. The van der Waals surface area contributed by atoms with Crippen molar-refractivity contribution in [1.82, 2.24) is 4.90 Å². The quantitative estimate of drug-likeness (QED) is 0.816. The summed E-state index contributed by atoms with van der Waals surface area (Å²) in [6.07, 6.45) is 4.04. The first kappa shape index (κ1) is 20.7. The zero-order valence-corrected chi connectivity index (χ0v) is 15.8. The van der Waals surface area contributed by atoms with Crippen molar-refractivity contribution in [2.24, 2.45) is 11.7 Å². The molecule has 1 aromatic rings. The van der Waals surface area contributed by atoms with E-state index in [0.29, 0.717) is 45.1 Å². The fourth-order valence-corrected chi connectivity index (χ4v) is 3.57. The second kappa shape index (κ2) is 9.90. The standard InChI is InChI=1S/C19H27N3O3.ClH/c20-17-3-1-2-15(17)13-18(23)21-16-6-4-14(5-7-16)12-19(24)22-8-10-25-11-9-22;/h4-7,15,17H,1-3,8-13,20H2,(H,21,23);1H/t15-,17+;/m0./s1. The summed E-state index contributed by atoms with van der Waals surface area (Å²) in [4.78, 5) is 26.2. The van der Waals surface area contributed by atoms with Gasteiger partial charge in [-0.25, -0.2) is 0 Å². The maximum atomic E-state index is 12.2. The molecule has 144 valence electrons. The maximum Gasteiger partial charge on any atom is 0.227 e. The molecule has 1 heterocycles. The van der Waals surface area contributed by atoms with Gasteiger partial charge >= 0.3 is 0 Å². The van der Waals surface area contributed by atoms with Gasteiger partial charge in [-0.3, -0.25) is 9.59 Å². The maximum absolute atomic E-state index is 12.2. The molecule has 1 saturated carbocycles. The van der Waals surface area contributed by atoms with Crippen molar-refractivity contribution in [2.75, 3.05) is 31.6 Å². The van der Waals surface area contributed by atoms with Crippen LogP contribution in [0.15, 0.2) is 24.3 Å². The van der Waals surface area contributed by atoms with Gasteiger partial charge in [-0.1, -0.05) is 18.6 Å². The minimum atomic E-state index is 0. The van der Waals surface area contributed by atoms with E-state index in [9.17, 15) is 9.59 Å². The van der Waals surface area contributed by atoms with Crippen molar-refractivity contribution >= 4 is 29.9 Å². The molecule has 3 N–H and O–H groups in total. The molecule has 1 saturated heterocycles. The van der Waals surface area contributed by atoms with Crippen LogP contribution in [0.25, 0.3) is 0 Å². The Hall–Kier alpha value is -1.63. The molecule has 0 aromatic heterocycles. The molecule has 3 rings (SSSR count). The average molecular weight is 382 g/mol. The first-order valence-electron chi connectivity index (χ1n) is 9.12. The lowest BCUT2D eigenvalue weighted by Gasteiger charge is -2.26. The molecule has 2 aliphatic rings. The number of rotatable bonds is 5. The van der Waals surface area contributed by atoms with Gasteiger partial charge < -0.3 is 20.7 Å². The summed E-state index contributed by atoms with van der Waals surface area (Å²) >= 11 is 0. The molecular weight excluding hydrogens is 354 g/mol. The van der Waals surface area contributed by atoms with Crippen LogP contribution in [0.4, 0.5) is 5.69 Å². The Morgan fingerprint density at radius 1 is 1.15 bits per heavy atom. The Labute approximate surface area is 160 Å². The third kappa shape index (κ3) is 5.69. The first-order valence-corrected chi connectivity index (χ1v) is 9.12. The van der Waals surface area contributed by atoms with Crippen LogP contribution in [0.2, 0.25) is 0 Å². The normalized spacial score (nSPS) is 22.6. The summed E-state index contributed by atoms with van der Waals surface area (Å²) < 4.78 is 5.26. The molecule has 0 spiro atoms. The summed E-state index contributed by atoms with van der Waals surface area (Å²) in [6, 6.07) is 7.66. The Kier molecular flexibility index (Phi) is 7.87. The Bertz CT molecular complexity index is 603. The number of halogens is 1.